The van der Waals surface area contributed by atoms with Crippen molar-refractivity contribution in [1.29, 1.82) is 0 Å². The predicted molar refractivity (Wildman–Crippen MR) is 126 cm³/mol. The van der Waals surface area contributed by atoms with Crippen LogP contribution in [0.3, 0.4) is 0 Å². The maximum absolute atomic E-state index is 14.1. The van der Waals surface area contributed by atoms with E-state index in [0.717, 1.165) is 48.0 Å². The number of rotatable bonds is 6. The normalized spacial score (nSPS) is 18.9. The van der Waals surface area contributed by atoms with Crippen LogP contribution in [0.2, 0.25) is 0 Å². The molecule has 2 atom stereocenters. The minimum absolute atomic E-state index is 0.187. The fraction of sp³-hybridized carbons (Fsp3) is 0.444. The summed E-state index contributed by atoms with van der Waals surface area (Å²) in [5, 5.41) is 10.5. The zero-order valence-electron chi connectivity index (χ0n) is 19.3. The molecule has 1 aliphatic rings. The molecular formula is C27H32FNO3. The van der Waals surface area contributed by atoms with Gasteiger partial charge in [0, 0.05) is 23.2 Å². The molecule has 5 heteroatoms. The Balaban J connectivity index is 1.98. The maximum atomic E-state index is 14.1. The van der Waals surface area contributed by atoms with Gasteiger partial charge in [-0.05, 0) is 85.4 Å². The van der Waals surface area contributed by atoms with E-state index in [1.165, 1.54) is 17.3 Å². The zero-order valence-corrected chi connectivity index (χ0v) is 19.3. The smallest absolute Gasteiger partial charge is 0.303 e. The highest BCUT2D eigenvalue weighted by Gasteiger charge is 2.32. The molecule has 4 rings (SSSR count). The van der Waals surface area contributed by atoms with Crippen molar-refractivity contribution in [3.05, 3.63) is 59.0 Å². The van der Waals surface area contributed by atoms with Crippen LogP contribution in [-0.2, 0) is 4.79 Å². The highest BCUT2D eigenvalue weighted by molar-refractivity contribution is 5.93. The van der Waals surface area contributed by atoms with Crippen LogP contribution in [-0.4, -0.2) is 22.8 Å². The minimum atomic E-state index is -0.721. The van der Waals surface area contributed by atoms with Gasteiger partial charge in [0.15, 0.2) is 0 Å². The maximum Gasteiger partial charge on any atom is 0.303 e. The van der Waals surface area contributed by atoms with Gasteiger partial charge in [0.25, 0.3) is 0 Å². The number of aromatic nitrogens is 1. The quantitative estimate of drug-likeness (QED) is 0.453. The first-order chi connectivity index (χ1) is 15.3. The number of aryl methyl sites for hydroxylation is 1. The summed E-state index contributed by atoms with van der Waals surface area (Å²) in [7, 11) is 1.70. The number of carboxylic acid groups (broad SMARTS) is 1. The van der Waals surface area contributed by atoms with Crippen molar-refractivity contribution in [1.82, 2.24) is 4.57 Å². The van der Waals surface area contributed by atoms with Crippen molar-refractivity contribution < 1.29 is 19.0 Å². The summed E-state index contributed by atoms with van der Waals surface area (Å²) in [6.07, 6.45) is 4.12. The fourth-order valence-corrected chi connectivity index (χ4v) is 5.54. The third kappa shape index (κ3) is 4.01. The molecule has 32 heavy (non-hydrogen) atoms. The van der Waals surface area contributed by atoms with Crippen LogP contribution < -0.4 is 4.74 Å². The number of nitrogens with zero attached hydrogens (tertiary/aromatic N) is 1. The number of hydrogen-bond acceptors (Lipinski definition) is 2. The first-order valence-corrected chi connectivity index (χ1v) is 11.5. The van der Waals surface area contributed by atoms with Gasteiger partial charge in [-0.2, -0.15) is 0 Å². The summed E-state index contributed by atoms with van der Waals surface area (Å²) in [5.41, 5.74) is 5.08. The average Bonchev–Trinajstić information content (AvgIpc) is 3.11. The molecule has 4 nitrogen and oxygen atoms in total. The molecule has 1 heterocycles. The zero-order chi connectivity index (χ0) is 23.0. The lowest BCUT2D eigenvalue weighted by Gasteiger charge is -2.30. The SMILES string of the molecule is COc1cccc2c1c(C1CCCC(CC(=O)O)C1)c(C(C)C)n2-c1ccc(F)c(C)c1. The molecule has 2 aromatic carbocycles. The van der Waals surface area contributed by atoms with Gasteiger partial charge in [0.1, 0.15) is 11.6 Å². The monoisotopic (exact) mass is 437 g/mol. The molecule has 170 valence electrons. The second-order valence-electron chi connectivity index (χ2n) is 9.40. The van der Waals surface area contributed by atoms with Crippen LogP contribution in [0, 0.1) is 18.7 Å². The summed E-state index contributed by atoms with van der Waals surface area (Å²) in [4.78, 5) is 11.4. The van der Waals surface area contributed by atoms with Crippen molar-refractivity contribution in [2.75, 3.05) is 7.11 Å². The average molecular weight is 438 g/mol. The molecule has 0 amide bonds. The van der Waals surface area contributed by atoms with E-state index >= 15 is 0 Å². The number of methoxy groups -OCH3 is 1. The van der Waals surface area contributed by atoms with Gasteiger partial charge in [-0.15, -0.1) is 0 Å². The standard InChI is InChI=1S/C27H32FNO3/c1-16(2)27-25(19-8-5-7-18(14-19)15-24(30)31)26-22(9-6-10-23(26)32-4)29(27)20-11-12-21(28)17(3)13-20/h6,9-13,16,18-19H,5,7-8,14-15H2,1-4H3,(H,30,31). The van der Waals surface area contributed by atoms with Crippen molar-refractivity contribution in [3.63, 3.8) is 0 Å². The van der Waals surface area contributed by atoms with Gasteiger partial charge in [0.05, 0.1) is 12.6 Å². The number of carboxylic acids is 1. The van der Waals surface area contributed by atoms with Gasteiger partial charge in [0.2, 0.25) is 0 Å². The van der Waals surface area contributed by atoms with E-state index in [0.29, 0.717) is 5.56 Å². The lowest BCUT2D eigenvalue weighted by atomic mass is 9.75. The summed E-state index contributed by atoms with van der Waals surface area (Å²) >= 11 is 0. The van der Waals surface area contributed by atoms with E-state index in [1.807, 2.05) is 24.3 Å². The van der Waals surface area contributed by atoms with E-state index in [-0.39, 0.29) is 30.0 Å². The number of aliphatic carboxylic acids is 1. The Morgan fingerprint density at radius 3 is 2.69 bits per heavy atom. The number of carbonyl (C=O) groups is 1. The second-order valence-corrected chi connectivity index (χ2v) is 9.40. The molecule has 0 saturated heterocycles. The molecular weight excluding hydrogens is 405 g/mol. The van der Waals surface area contributed by atoms with E-state index in [4.69, 9.17) is 4.74 Å². The molecule has 1 aliphatic carbocycles. The van der Waals surface area contributed by atoms with Crippen LogP contribution in [0.5, 0.6) is 5.75 Å². The summed E-state index contributed by atoms with van der Waals surface area (Å²) in [6, 6.07) is 11.4. The Morgan fingerprint density at radius 1 is 1.25 bits per heavy atom. The Kier molecular flexibility index (Phi) is 6.27. The molecule has 3 aromatic rings. The number of hydrogen-bond donors (Lipinski definition) is 1. The number of fused-ring (bicyclic) bond motifs is 1. The van der Waals surface area contributed by atoms with Crippen LogP contribution in [0.4, 0.5) is 4.39 Å². The third-order valence-corrected chi connectivity index (χ3v) is 6.85. The van der Waals surface area contributed by atoms with E-state index in [9.17, 15) is 14.3 Å². The highest BCUT2D eigenvalue weighted by Crippen LogP contribution is 2.48. The molecule has 1 fully saturated rings. The van der Waals surface area contributed by atoms with E-state index < -0.39 is 5.97 Å². The molecule has 0 radical (unpaired) electrons. The van der Waals surface area contributed by atoms with Crippen LogP contribution in [0.1, 0.15) is 74.6 Å². The van der Waals surface area contributed by atoms with Gasteiger partial charge >= 0.3 is 5.97 Å². The van der Waals surface area contributed by atoms with Gasteiger partial charge in [-0.25, -0.2) is 4.39 Å². The molecule has 2 unspecified atom stereocenters. The molecule has 0 spiro atoms. The van der Waals surface area contributed by atoms with Crippen molar-refractivity contribution >= 4 is 16.9 Å². The Hall–Kier alpha value is -2.82. The summed E-state index contributed by atoms with van der Waals surface area (Å²) in [6.45, 7) is 6.17. The van der Waals surface area contributed by atoms with Crippen molar-refractivity contribution in [2.45, 2.75) is 64.7 Å². The lowest BCUT2D eigenvalue weighted by molar-refractivity contribution is -0.138. The molecule has 1 saturated carbocycles. The third-order valence-electron chi connectivity index (χ3n) is 6.85. The van der Waals surface area contributed by atoms with Gasteiger partial charge < -0.3 is 14.4 Å². The van der Waals surface area contributed by atoms with Gasteiger partial charge in [-0.3, -0.25) is 4.79 Å². The Bertz CT molecular complexity index is 1150. The number of ether oxygens (including phenoxy) is 1. The van der Waals surface area contributed by atoms with Crippen molar-refractivity contribution in [3.8, 4) is 11.4 Å². The topological polar surface area (TPSA) is 51.5 Å². The van der Waals surface area contributed by atoms with Crippen molar-refractivity contribution in [2.24, 2.45) is 5.92 Å². The number of halogens is 1. The van der Waals surface area contributed by atoms with Gasteiger partial charge in [-0.1, -0.05) is 26.3 Å². The first kappa shape index (κ1) is 22.4. The van der Waals surface area contributed by atoms with Crippen LogP contribution >= 0.6 is 0 Å². The lowest BCUT2D eigenvalue weighted by Crippen LogP contribution is -2.18. The fourth-order valence-electron chi connectivity index (χ4n) is 5.54. The van der Waals surface area contributed by atoms with Crippen LogP contribution in [0.25, 0.3) is 16.6 Å². The summed E-state index contributed by atoms with van der Waals surface area (Å²) < 4.78 is 22.1. The molecule has 1 N–H and O–H groups in total. The van der Waals surface area contributed by atoms with Crippen LogP contribution in [0.15, 0.2) is 36.4 Å². The second kappa shape index (κ2) is 8.97. The minimum Gasteiger partial charge on any atom is -0.496 e. The molecule has 0 bridgehead atoms. The van der Waals surface area contributed by atoms with E-state index in [2.05, 4.69) is 24.5 Å². The Labute approximate surface area is 189 Å². The molecule has 0 aliphatic heterocycles. The molecule has 1 aromatic heterocycles. The van der Waals surface area contributed by atoms with E-state index in [1.54, 1.807) is 14.0 Å². The summed E-state index contributed by atoms with van der Waals surface area (Å²) in [5.74, 6) is 0.587. The first-order valence-electron chi connectivity index (χ1n) is 11.5. The number of benzene rings is 2. The predicted octanol–water partition coefficient (Wildman–Crippen LogP) is 6.96. The highest BCUT2D eigenvalue weighted by atomic mass is 19.1. The Morgan fingerprint density at radius 2 is 2.03 bits per heavy atom. The largest absolute Gasteiger partial charge is 0.496 e.